The Balaban J connectivity index is 1.77. The molecule has 0 fully saturated rings. The molecule has 1 N–H and O–H groups in total. The molecule has 144 valence electrons. The van der Waals surface area contributed by atoms with E-state index in [9.17, 15) is 9.59 Å². The van der Waals surface area contributed by atoms with E-state index < -0.39 is 5.91 Å². The SMILES string of the molecule is COc1cccc(NC(=O)c2nn(Cc3ccccc3)c(=O)c3ccccc23)c1. The second kappa shape index (κ2) is 7.98. The molecule has 0 saturated heterocycles. The molecule has 0 radical (unpaired) electrons. The van der Waals surface area contributed by atoms with Gasteiger partial charge in [0.1, 0.15) is 5.75 Å². The first-order chi connectivity index (χ1) is 14.2. The summed E-state index contributed by atoms with van der Waals surface area (Å²) >= 11 is 0. The monoisotopic (exact) mass is 385 g/mol. The van der Waals surface area contributed by atoms with Crippen molar-refractivity contribution < 1.29 is 9.53 Å². The van der Waals surface area contributed by atoms with E-state index in [1.807, 2.05) is 30.3 Å². The highest BCUT2D eigenvalue weighted by molar-refractivity contribution is 6.11. The standard InChI is InChI=1S/C23H19N3O3/c1-29-18-11-7-10-17(14-18)24-22(27)21-19-12-5-6-13-20(19)23(28)26(25-21)15-16-8-3-2-4-9-16/h2-14H,15H2,1H3,(H,24,27). The second-order valence-electron chi connectivity index (χ2n) is 6.53. The molecule has 1 amide bonds. The van der Waals surface area contributed by atoms with Gasteiger partial charge >= 0.3 is 0 Å². The van der Waals surface area contributed by atoms with Crippen molar-refractivity contribution in [3.63, 3.8) is 0 Å². The van der Waals surface area contributed by atoms with Crippen molar-refractivity contribution in [1.29, 1.82) is 0 Å². The molecule has 0 saturated carbocycles. The van der Waals surface area contributed by atoms with Crippen LogP contribution in [0.25, 0.3) is 10.8 Å². The zero-order valence-corrected chi connectivity index (χ0v) is 15.8. The van der Waals surface area contributed by atoms with Gasteiger partial charge in [-0.1, -0.05) is 54.6 Å². The lowest BCUT2D eigenvalue weighted by Crippen LogP contribution is -2.28. The summed E-state index contributed by atoms with van der Waals surface area (Å²) in [6.07, 6.45) is 0. The molecule has 1 aromatic heterocycles. The molecule has 4 rings (SSSR count). The molecular formula is C23H19N3O3. The molecule has 6 nitrogen and oxygen atoms in total. The van der Waals surface area contributed by atoms with Gasteiger partial charge < -0.3 is 10.1 Å². The van der Waals surface area contributed by atoms with Crippen molar-refractivity contribution in [3.8, 4) is 5.75 Å². The van der Waals surface area contributed by atoms with Crippen molar-refractivity contribution in [2.45, 2.75) is 6.54 Å². The number of aromatic nitrogens is 2. The Kier molecular flexibility index (Phi) is 5.07. The Morgan fingerprint density at radius 3 is 2.45 bits per heavy atom. The Labute approximate surface area is 167 Å². The number of hydrogen-bond donors (Lipinski definition) is 1. The quantitative estimate of drug-likeness (QED) is 0.568. The molecule has 6 heteroatoms. The Morgan fingerprint density at radius 2 is 1.69 bits per heavy atom. The fourth-order valence-electron chi connectivity index (χ4n) is 3.16. The van der Waals surface area contributed by atoms with Gasteiger partial charge in [0.05, 0.1) is 19.0 Å². The first-order valence-electron chi connectivity index (χ1n) is 9.15. The number of anilines is 1. The fraction of sp³-hybridized carbons (Fsp3) is 0.0870. The van der Waals surface area contributed by atoms with Crippen LogP contribution in [-0.2, 0) is 6.54 Å². The number of methoxy groups -OCH3 is 1. The predicted molar refractivity (Wildman–Crippen MR) is 112 cm³/mol. The van der Waals surface area contributed by atoms with Crippen molar-refractivity contribution in [2.24, 2.45) is 0 Å². The summed E-state index contributed by atoms with van der Waals surface area (Å²) < 4.78 is 6.53. The summed E-state index contributed by atoms with van der Waals surface area (Å²) in [6.45, 7) is 0.282. The van der Waals surface area contributed by atoms with Crippen LogP contribution in [-0.4, -0.2) is 22.8 Å². The smallest absolute Gasteiger partial charge is 0.276 e. The number of hydrogen-bond acceptors (Lipinski definition) is 4. The summed E-state index contributed by atoms with van der Waals surface area (Å²) in [6, 6.07) is 23.6. The maximum atomic E-state index is 13.0. The first-order valence-corrected chi connectivity index (χ1v) is 9.15. The lowest BCUT2D eigenvalue weighted by atomic mass is 10.1. The third kappa shape index (κ3) is 3.87. The number of carbonyl (C=O) groups is 1. The lowest BCUT2D eigenvalue weighted by Gasteiger charge is -2.12. The molecule has 29 heavy (non-hydrogen) atoms. The molecule has 0 unspecified atom stereocenters. The minimum Gasteiger partial charge on any atom is -0.497 e. The number of rotatable bonds is 5. The fourth-order valence-corrected chi connectivity index (χ4v) is 3.16. The predicted octanol–water partition coefficient (Wildman–Crippen LogP) is 3.71. The summed E-state index contributed by atoms with van der Waals surface area (Å²) in [4.78, 5) is 25.9. The first kappa shape index (κ1) is 18.4. The number of amides is 1. The average molecular weight is 385 g/mol. The van der Waals surface area contributed by atoms with E-state index in [-0.39, 0.29) is 17.8 Å². The summed E-state index contributed by atoms with van der Waals surface area (Å²) in [5.41, 5.74) is 1.47. The van der Waals surface area contributed by atoms with Gasteiger partial charge in [0.25, 0.3) is 11.5 Å². The van der Waals surface area contributed by atoms with Crippen LogP contribution in [0.5, 0.6) is 5.75 Å². The van der Waals surface area contributed by atoms with E-state index in [1.165, 1.54) is 4.68 Å². The van der Waals surface area contributed by atoms with E-state index in [2.05, 4.69) is 10.4 Å². The van der Waals surface area contributed by atoms with E-state index >= 15 is 0 Å². The molecule has 0 atom stereocenters. The van der Waals surface area contributed by atoms with Crippen molar-refractivity contribution >= 4 is 22.4 Å². The Hall–Kier alpha value is -3.93. The molecule has 0 aliphatic rings. The van der Waals surface area contributed by atoms with Crippen LogP contribution < -0.4 is 15.6 Å². The van der Waals surface area contributed by atoms with Gasteiger partial charge in [-0.15, -0.1) is 0 Å². The van der Waals surface area contributed by atoms with Gasteiger partial charge in [0, 0.05) is 17.1 Å². The molecule has 0 aliphatic heterocycles. The second-order valence-corrected chi connectivity index (χ2v) is 6.53. The Bertz CT molecular complexity index is 1230. The third-order valence-electron chi connectivity index (χ3n) is 4.59. The number of fused-ring (bicyclic) bond motifs is 1. The Morgan fingerprint density at radius 1 is 0.966 bits per heavy atom. The molecule has 0 aliphatic carbocycles. The molecule has 3 aromatic carbocycles. The number of ether oxygens (including phenoxy) is 1. The number of nitrogens with one attached hydrogen (secondary N) is 1. The minimum absolute atomic E-state index is 0.193. The molecular weight excluding hydrogens is 366 g/mol. The van der Waals surface area contributed by atoms with Crippen LogP contribution in [0.15, 0.2) is 83.7 Å². The zero-order valence-electron chi connectivity index (χ0n) is 15.8. The van der Waals surface area contributed by atoms with E-state index in [0.717, 1.165) is 5.56 Å². The van der Waals surface area contributed by atoms with Crippen molar-refractivity contribution in [2.75, 3.05) is 12.4 Å². The van der Waals surface area contributed by atoms with E-state index in [1.54, 1.807) is 55.6 Å². The van der Waals surface area contributed by atoms with Gasteiger partial charge in [-0.2, -0.15) is 5.10 Å². The molecule has 4 aromatic rings. The van der Waals surface area contributed by atoms with Crippen LogP contribution >= 0.6 is 0 Å². The number of carbonyl (C=O) groups excluding carboxylic acids is 1. The van der Waals surface area contributed by atoms with Gasteiger partial charge in [-0.05, 0) is 23.8 Å². The van der Waals surface area contributed by atoms with E-state index in [4.69, 9.17) is 4.74 Å². The lowest BCUT2D eigenvalue weighted by molar-refractivity contribution is 0.102. The van der Waals surface area contributed by atoms with Crippen LogP contribution in [0.1, 0.15) is 16.1 Å². The maximum Gasteiger partial charge on any atom is 0.276 e. The molecule has 0 bridgehead atoms. The number of nitrogens with zero attached hydrogens (tertiary/aromatic N) is 2. The van der Waals surface area contributed by atoms with Crippen LogP contribution in [0.3, 0.4) is 0 Å². The van der Waals surface area contributed by atoms with Crippen LogP contribution in [0, 0.1) is 0 Å². The largest absolute Gasteiger partial charge is 0.497 e. The topological polar surface area (TPSA) is 73.2 Å². The molecule has 0 spiro atoms. The average Bonchev–Trinajstić information content (AvgIpc) is 2.76. The normalized spacial score (nSPS) is 10.7. The summed E-state index contributed by atoms with van der Waals surface area (Å²) in [5, 5.41) is 8.20. The van der Waals surface area contributed by atoms with Crippen molar-refractivity contribution in [3.05, 3.63) is 100 Å². The van der Waals surface area contributed by atoms with Gasteiger partial charge in [0.2, 0.25) is 0 Å². The van der Waals surface area contributed by atoms with Gasteiger partial charge in [-0.3, -0.25) is 9.59 Å². The third-order valence-corrected chi connectivity index (χ3v) is 4.59. The maximum absolute atomic E-state index is 13.0. The highest BCUT2D eigenvalue weighted by Crippen LogP contribution is 2.19. The summed E-state index contributed by atoms with van der Waals surface area (Å²) in [7, 11) is 1.56. The van der Waals surface area contributed by atoms with Crippen LogP contribution in [0.2, 0.25) is 0 Å². The van der Waals surface area contributed by atoms with E-state index in [0.29, 0.717) is 22.2 Å². The molecule has 1 heterocycles. The minimum atomic E-state index is -0.392. The van der Waals surface area contributed by atoms with Gasteiger partial charge in [0.15, 0.2) is 5.69 Å². The number of benzene rings is 3. The zero-order chi connectivity index (χ0) is 20.2. The summed E-state index contributed by atoms with van der Waals surface area (Å²) in [5.74, 6) is 0.242. The van der Waals surface area contributed by atoms with Crippen LogP contribution in [0.4, 0.5) is 5.69 Å². The highest BCUT2D eigenvalue weighted by atomic mass is 16.5. The van der Waals surface area contributed by atoms with Gasteiger partial charge in [-0.25, -0.2) is 4.68 Å². The highest BCUT2D eigenvalue weighted by Gasteiger charge is 2.17. The van der Waals surface area contributed by atoms with Crippen molar-refractivity contribution in [1.82, 2.24) is 9.78 Å².